The van der Waals surface area contributed by atoms with Crippen LogP contribution in [0.1, 0.15) is 0 Å². The summed E-state index contributed by atoms with van der Waals surface area (Å²) < 4.78 is 0. The molecule has 0 unspecified atom stereocenters. The van der Waals surface area contributed by atoms with Crippen molar-refractivity contribution in [3.8, 4) is 0 Å². The Kier molecular flexibility index (Phi) is 4.54. The van der Waals surface area contributed by atoms with Crippen molar-refractivity contribution in [3.05, 3.63) is 29.2 Å². The van der Waals surface area contributed by atoms with Crippen molar-refractivity contribution in [2.45, 2.75) is 0 Å². The van der Waals surface area contributed by atoms with E-state index in [1.165, 1.54) is 0 Å². The summed E-state index contributed by atoms with van der Waals surface area (Å²) in [5.74, 6) is 0. The SMILES string of the molecule is N#[N+]c1ccc(N(CCO)CCO)cc1. The maximum absolute atomic E-state index is 8.84. The second-order valence-electron chi connectivity index (χ2n) is 3.05. The third kappa shape index (κ3) is 3.20. The van der Waals surface area contributed by atoms with Crippen molar-refractivity contribution in [1.29, 1.82) is 5.39 Å². The van der Waals surface area contributed by atoms with Gasteiger partial charge in [0, 0.05) is 30.9 Å². The molecule has 1 rings (SSSR count). The monoisotopic (exact) mass is 208 g/mol. The Hall–Kier alpha value is -1.64. The first-order valence-corrected chi connectivity index (χ1v) is 4.73. The van der Waals surface area contributed by atoms with E-state index in [1.54, 1.807) is 24.3 Å². The Morgan fingerprint density at radius 3 is 2.00 bits per heavy atom. The summed E-state index contributed by atoms with van der Waals surface area (Å²) in [5, 5.41) is 26.2. The second-order valence-corrected chi connectivity index (χ2v) is 3.05. The number of nitrogens with zero attached hydrogens (tertiary/aromatic N) is 3. The fourth-order valence-electron chi connectivity index (χ4n) is 1.34. The first-order valence-electron chi connectivity index (χ1n) is 4.73. The normalized spacial score (nSPS) is 9.67. The molecule has 0 amide bonds. The van der Waals surface area contributed by atoms with Gasteiger partial charge in [0.15, 0.2) is 4.98 Å². The lowest BCUT2D eigenvalue weighted by Crippen LogP contribution is -2.29. The number of aliphatic hydroxyl groups excluding tert-OH is 2. The molecule has 15 heavy (non-hydrogen) atoms. The van der Waals surface area contributed by atoms with E-state index in [0.29, 0.717) is 18.8 Å². The minimum Gasteiger partial charge on any atom is -0.395 e. The number of hydrogen-bond acceptors (Lipinski definition) is 4. The summed E-state index contributed by atoms with van der Waals surface area (Å²) in [4.78, 5) is 4.89. The van der Waals surface area contributed by atoms with Gasteiger partial charge in [0.1, 0.15) is 0 Å². The highest BCUT2D eigenvalue weighted by Crippen LogP contribution is 2.19. The molecule has 1 aromatic rings. The number of aliphatic hydroxyl groups is 2. The standard InChI is InChI=1S/C10H14N3O2/c11-12-9-1-3-10(4-2-9)13(5-7-14)6-8-15/h1-4,14-15H,5-8H2/q+1. The number of hydrogen-bond donors (Lipinski definition) is 2. The van der Waals surface area contributed by atoms with Crippen LogP contribution >= 0.6 is 0 Å². The molecular weight excluding hydrogens is 194 g/mol. The molecule has 1 aromatic carbocycles. The minimum atomic E-state index is 0.0339. The first kappa shape index (κ1) is 11.4. The van der Waals surface area contributed by atoms with Gasteiger partial charge in [-0.2, -0.15) is 0 Å². The molecule has 2 N–H and O–H groups in total. The summed E-state index contributed by atoms with van der Waals surface area (Å²) in [6, 6.07) is 6.88. The summed E-state index contributed by atoms with van der Waals surface area (Å²) in [7, 11) is 0. The molecule has 0 radical (unpaired) electrons. The average Bonchev–Trinajstić information content (AvgIpc) is 2.29. The van der Waals surface area contributed by atoms with Gasteiger partial charge in [0.25, 0.3) is 0 Å². The second kappa shape index (κ2) is 5.96. The van der Waals surface area contributed by atoms with Gasteiger partial charge in [-0.05, 0) is 12.1 Å². The molecule has 80 valence electrons. The molecule has 5 heteroatoms. The lowest BCUT2D eigenvalue weighted by atomic mass is 10.2. The summed E-state index contributed by atoms with van der Waals surface area (Å²) in [5.41, 5.74) is 1.36. The van der Waals surface area contributed by atoms with E-state index in [2.05, 4.69) is 4.98 Å². The highest BCUT2D eigenvalue weighted by atomic mass is 16.3. The lowest BCUT2D eigenvalue weighted by Gasteiger charge is -2.22. The maximum atomic E-state index is 8.84. The van der Waals surface area contributed by atoms with Crippen LogP contribution in [0.5, 0.6) is 0 Å². The molecule has 0 saturated heterocycles. The zero-order valence-corrected chi connectivity index (χ0v) is 8.37. The Morgan fingerprint density at radius 1 is 1.07 bits per heavy atom. The maximum Gasteiger partial charge on any atom is 0.385 e. The Bertz CT molecular complexity index is 326. The molecule has 0 aliphatic heterocycles. The Balaban J connectivity index is 2.77. The van der Waals surface area contributed by atoms with Gasteiger partial charge in [-0.15, -0.1) is 0 Å². The molecular formula is C10H14N3O2+. The number of rotatable bonds is 5. The van der Waals surface area contributed by atoms with Gasteiger partial charge >= 0.3 is 5.69 Å². The van der Waals surface area contributed by atoms with Crippen molar-refractivity contribution in [1.82, 2.24) is 0 Å². The zero-order valence-electron chi connectivity index (χ0n) is 8.37. The van der Waals surface area contributed by atoms with Crippen LogP contribution in [0.3, 0.4) is 0 Å². The van der Waals surface area contributed by atoms with Crippen molar-refractivity contribution in [2.24, 2.45) is 0 Å². The third-order valence-electron chi connectivity index (χ3n) is 2.07. The van der Waals surface area contributed by atoms with Gasteiger partial charge in [-0.1, -0.05) is 0 Å². The molecule has 0 aromatic heterocycles. The molecule has 0 aliphatic carbocycles. The van der Waals surface area contributed by atoms with Crippen molar-refractivity contribution in [2.75, 3.05) is 31.2 Å². The molecule has 0 aliphatic rings. The van der Waals surface area contributed by atoms with Crippen LogP contribution in [0.15, 0.2) is 24.3 Å². The van der Waals surface area contributed by atoms with Crippen LogP contribution in [0, 0.1) is 5.39 Å². The van der Waals surface area contributed by atoms with E-state index in [-0.39, 0.29) is 13.2 Å². The smallest absolute Gasteiger partial charge is 0.385 e. The van der Waals surface area contributed by atoms with E-state index in [9.17, 15) is 0 Å². The van der Waals surface area contributed by atoms with E-state index >= 15 is 0 Å². The van der Waals surface area contributed by atoms with Crippen LogP contribution in [0.25, 0.3) is 4.98 Å². The predicted molar refractivity (Wildman–Crippen MR) is 57.6 cm³/mol. The van der Waals surface area contributed by atoms with Gasteiger partial charge in [0.05, 0.1) is 13.2 Å². The van der Waals surface area contributed by atoms with E-state index in [1.807, 2.05) is 4.90 Å². The van der Waals surface area contributed by atoms with E-state index < -0.39 is 0 Å². The van der Waals surface area contributed by atoms with Crippen LogP contribution in [0.2, 0.25) is 0 Å². The highest BCUT2D eigenvalue weighted by Gasteiger charge is 2.08. The Morgan fingerprint density at radius 2 is 1.60 bits per heavy atom. The summed E-state index contributed by atoms with van der Waals surface area (Å²) in [6.45, 7) is 1.00. The van der Waals surface area contributed by atoms with Crippen LogP contribution in [0.4, 0.5) is 11.4 Å². The highest BCUT2D eigenvalue weighted by molar-refractivity contribution is 5.55. The zero-order chi connectivity index (χ0) is 11.1. The number of diazo groups is 1. The fraction of sp³-hybridized carbons (Fsp3) is 0.400. The number of benzene rings is 1. The molecule has 5 nitrogen and oxygen atoms in total. The molecule has 0 bridgehead atoms. The minimum absolute atomic E-state index is 0.0339. The van der Waals surface area contributed by atoms with Crippen molar-refractivity contribution in [3.63, 3.8) is 0 Å². The predicted octanol–water partition coefficient (Wildman–Crippen LogP) is 0.962. The van der Waals surface area contributed by atoms with Crippen molar-refractivity contribution >= 4 is 11.4 Å². The third-order valence-corrected chi connectivity index (χ3v) is 2.07. The van der Waals surface area contributed by atoms with Gasteiger partial charge in [0.2, 0.25) is 5.39 Å². The van der Waals surface area contributed by atoms with Crippen LogP contribution < -0.4 is 4.90 Å². The first-order chi connectivity index (χ1) is 7.31. The Labute approximate surface area is 88.2 Å². The fourth-order valence-corrected chi connectivity index (χ4v) is 1.34. The largest absolute Gasteiger partial charge is 0.395 e. The number of anilines is 1. The van der Waals surface area contributed by atoms with Crippen molar-refractivity contribution < 1.29 is 10.2 Å². The molecule has 0 saturated carbocycles. The molecule has 0 spiro atoms. The van der Waals surface area contributed by atoms with Gasteiger partial charge in [-0.25, -0.2) is 0 Å². The summed E-state index contributed by atoms with van der Waals surface area (Å²) >= 11 is 0. The van der Waals surface area contributed by atoms with Crippen LogP contribution in [-0.4, -0.2) is 36.5 Å². The average molecular weight is 208 g/mol. The quantitative estimate of drug-likeness (QED) is 0.707. The molecule has 0 fully saturated rings. The van der Waals surface area contributed by atoms with Gasteiger partial charge < -0.3 is 15.1 Å². The molecule has 0 atom stereocenters. The van der Waals surface area contributed by atoms with Gasteiger partial charge in [-0.3, -0.25) is 0 Å². The summed E-state index contributed by atoms with van der Waals surface area (Å²) in [6.07, 6.45) is 0. The molecule has 0 heterocycles. The van der Waals surface area contributed by atoms with E-state index in [4.69, 9.17) is 15.6 Å². The van der Waals surface area contributed by atoms with E-state index in [0.717, 1.165) is 5.69 Å². The topological polar surface area (TPSA) is 71.9 Å². The lowest BCUT2D eigenvalue weighted by molar-refractivity contribution is 0.281. The van der Waals surface area contributed by atoms with Crippen LogP contribution in [-0.2, 0) is 0 Å².